The Bertz CT molecular complexity index is 631. The van der Waals surface area contributed by atoms with E-state index in [2.05, 4.69) is 41.1 Å². The molecule has 2 aromatic rings. The minimum Gasteiger partial charge on any atom is -0.409 e. The summed E-state index contributed by atoms with van der Waals surface area (Å²) in [5.41, 5.74) is 4.96. The molecule has 0 aromatic carbocycles. The average molecular weight is 300 g/mol. The zero-order valence-corrected chi connectivity index (χ0v) is 9.79. The van der Waals surface area contributed by atoms with Crippen molar-refractivity contribution in [1.82, 2.24) is 24.7 Å². The van der Waals surface area contributed by atoms with E-state index >= 15 is 0 Å². The Morgan fingerprint density at radius 2 is 2.35 bits per heavy atom. The number of rotatable bonds is 2. The molecule has 0 amide bonds. The summed E-state index contributed by atoms with van der Waals surface area (Å²) in [5.74, 6) is 0.0458. The lowest BCUT2D eigenvalue weighted by Gasteiger charge is -1.99. The Morgan fingerprint density at radius 3 is 3.06 bits per heavy atom. The molecule has 0 spiro atoms. The summed E-state index contributed by atoms with van der Waals surface area (Å²) in [4.78, 5) is 21.4. The van der Waals surface area contributed by atoms with Crippen LogP contribution in [0.2, 0.25) is 0 Å². The molecule has 10 heteroatoms. The summed E-state index contributed by atoms with van der Waals surface area (Å²) in [6.07, 6.45) is 2.52. The van der Waals surface area contributed by atoms with Crippen molar-refractivity contribution in [2.45, 2.75) is 0 Å². The maximum Gasteiger partial charge on any atom is 0.267 e. The first kappa shape index (κ1) is 11.3. The summed E-state index contributed by atoms with van der Waals surface area (Å²) in [7, 11) is 0. The van der Waals surface area contributed by atoms with Crippen LogP contribution in [-0.4, -0.2) is 35.8 Å². The molecule has 4 N–H and O–H groups in total. The topological polar surface area (TPSA) is 135 Å². The van der Waals surface area contributed by atoms with E-state index in [9.17, 15) is 4.79 Å². The van der Waals surface area contributed by atoms with Gasteiger partial charge in [-0.05, 0) is 15.9 Å². The van der Waals surface area contributed by atoms with Crippen molar-refractivity contribution in [3.8, 4) is 5.82 Å². The molecule has 88 valence electrons. The first-order valence-electron chi connectivity index (χ1n) is 4.26. The lowest BCUT2D eigenvalue weighted by molar-refractivity contribution is 0.318. The van der Waals surface area contributed by atoms with Crippen LogP contribution in [0.1, 0.15) is 5.82 Å². The minimum absolute atomic E-state index is 0.0291. The lowest BCUT2D eigenvalue weighted by atomic mass is 10.6. The molecule has 17 heavy (non-hydrogen) atoms. The van der Waals surface area contributed by atoms with Gasteiger partial charge in [-0.2, -0.15) is 0 Å². The van der Waals surface area contributed by atoms with Crippen molar-refractivity contribution in [3.63, 3.8) is 0 Å². The van der Waals surface area contributed by atoms with Gasteiger partial charge in [0.1, 0.15) is 10.8 Å². The third kappa shape index (κ3) is 2.01. The minimum atomic E-state index is -0.351. The molecular formula is C7H6BrN7O2. The summed E-state index contributed by atoms with van der Waals surface area (Å²) < 4.78 is 1.43. The van der Waals surface area contributed by atoms with E-state index in [0.29, 0.717) is 0 Å². The number of nitrogens with zero attached hydrogens (tertiary/aromatic N) is 5. The number of nitrogens with two attached hydrogens (primary N) is 1. The van der Waals surface area contributed by atoms with Crippen molar-refractivity contribution >= 4 is 21.8 Å². The third-order valence-corrected chi connectivity index (χ3v) is 2.54. The van der Waals surface area contributed by atoms with Crippen LogP contribution < -0.4 is 11.3 Å². The van der Waals surface area contributed by atoms with Gasteiger partial charge in [-0.15, -0.1) is 5.10 Å². The number of halogens is 1. The molecule has 0 radical (unpaired) electrons. The maximum atomic E-state index is 11.3. The second-order valence-corrected chi connectivity index (χ2v) is 3.66. The van der Waals surface area contributed by atoms with Crippen molar-refractivity contribution in [2.75, 3.05) is 0 Å². The van der Waals surface area contributed by atoms with Crippen molar-refractivity contribution in [2.24, 2.45) is 10.9 Å². The second-order valence-electron chi connectivity index (χ2n) is 2.87. The highest BCUT2D eigenvalue weighted by molar-refractivity contribution is 9.10. The van der Waals surface area contributed by atoms with E-state index in [-0.39, 0.29) is 27.5 Å². The smallest absolute Gasteiger partial charge is 0.267 e. The van der Waals surface area contributed by atoms with E-state index in [1.54, 1.807) is 0 Å². The number of amidine groups is 1. The Hall–Kier alpha value is -2.23. The zero-order chi connectivity index (χ0) is 12.4. The molecular weight excluding hydrogens is 294 g/mol. The molecule has 0 aliphatic heterocycles. The van der Waals surface area contributed by atoms with Gasteiger partial charge in [0.15, 0.2) is 5.82 Å². The second kappa shape index (κ2) is 4.33. The van der Waals surface area contributed by atoms with E-state index in [0.717, 1.165) is 0 Å². The summed E-state index contributed by atoms with van der Waals surface area (Å²) >= 11 is 3.07. The molecule has 0 saturated heterocycles. The molecule has 9 nitrogen and oxygen atoms in total. The Labute approximate surface area is 102 Å². The first-order chi connectivity index (χ1) is 8.13. The zero-order valence-electron chi connectivity index (χ0n) is 8.20. The van der Waals surface area contributed by atoms with Gasteiger partial charge in [0.05, 0.1) is 6.33 Å². The molecule has 0 unspecified atom stereocenters. The predicted octanol–water partition coefficient (Wildman–Crippen LogP) is -0.792. The van der Waals surface area contributed by atoms with Gasteiger partial charge in [-0.25, -0.2) is 14.6 Å². The first-order valence-corrected chi connectivity index (χ1v) is 5.06. The van der Waals surface area contributed by atoms with E-state index in [1.807, 2.05) is 0 Å². The monoisotopic (exact) mass is 299 g/mol. The van der Waals surface area contributed by atoms with Crippen molar-refractivity contribution in [3.05, 3.63) is 33.3 Å². The predicted molar refractivity (Wildman–Crippen MR) is 60.0 cm³/mol. The van der Waals surface area contributed by atoms with E-state index in [1.165, 1.54) is 17.3 Å². The van der Waals surface area contributed by atoms with Crippen molar-refractivity contribution < 1.29 is 5.21 Å². The fraction of sp³-hybridized carbons (Fsp3) is 0. The largest absolute Gasteiger partial charge is 0.409 e. The van der Waals surface area contributed by atoms with E-state index < -0.39 is 0 Å². The van der Waals surface area contributed by atoms with Gasteiger partial charge in [0.25, 0.3) is 5.56 Å². The fourth-order valence-corrected chi connectivity index (χ4v) is 1.46. The summed E-state index contributed by atoms with van der Waals surface area (Å²) in [6.45, 7) is 0. The van der Waals surface area contributed by atoms with Crippen LogP contribution >= 0.6 is 15.9 Å². The third-order valence-electron chi connectivity index (χ3n) is 1.82. The number of hydrogen-bond donors (Lipinski definition) is 3. The van der Waals surface area contributed by atoms with Crippen LogP contribution in [-0.2, 0) is 0 Å². The normalized spacial score (nSPS) is 11.7. The molecule has 0 aliphatic carbocycles. The van der Waals surface area contributed by atoms with Crippen LogP contribution in [0, 0.1) is 0 Å². The molecule has 2 heterocycles. The van der Waals surface area contributed by atoms with Gasteiger partial charge < -0.3 is 15.9 Å². The molecule has 2 aromatic heterocycles. The maximum absolute atomic E-state index is 11.3. The van der Waals surface area contributed by atoms with Gasteiger partial charge in [-0.3, -0.25) is 4.79 Å². The van der Waals surface area contributed by atoms with Crippen molar-refractivity contribution in [1.29, 1.82) is 0 Å². The molecule has 0 bridgehead atoms. The number of hydrogen-bond acceptors (Lipinski definition) is 6. The van der Waals surface area contributed by atoms with Crippen LogP contribution in [0.15, 0.2) is 27.1 Å². The number of aromatic nitrogens is 5. The highest BCUT2D eigenvalue weighted by Crippen LogP contribution is 2.11. The van der Waals surface area contributed by atoms with E-state index in [4.69, 9.17) is 10.9 Å². The van der Waals surface area contributed by atoms with Gasteiger partial charge in [-0.1, -0.05) is 5.16 Å². The average Bonchev–Trinajstić information content (AvgIpc) is 2.81. The van der Waals surface area contributed by atoms with Gasteiger partial charge in [0.2, 0.25) is 11.7 Å². The fourth-order valence-electron chi connectivity index (χ4n) is 1.06. The Balaban J connectivity index is 2.51. The van der Waals surface area contributed by atoms with Gasteiger partial charge >= 0.3 is 0 Å². The molecule has 0 aliphatic rings. The standard InChI is InChI=1S/C7H6BrN7O2/c8-3-6(10-1-11-7(3)16)15-2-12-5(13-15)4(9)14-17/h1-2,17H,(H2,9,14)(H,10,11,16). The number of H-pyrrole nitrogens is 1. The Morgan fingerprint density at radius 1 is 1.59 bits per heavy atom. The summed E-state index contributed by atoms with van der Waals surface area (Å²) in [6, 6.07) is 0. The lowest BCUT2D eigenvalue weighted by Crippen LogP contribution is -2.16. The molecule has 0 fully saturated rings. The molecule has 2 rings (SSSR count). The SMILES string of the molecule is NC(=NO)c1ncn(-c2nc[nH]c(=O)c2Br)n1. The van der Waals surface area contributed by atoms with Crippen LogP contribution in [0.4, 0.5) is 0 Å². The van der Waals surface area contributed by atoms with Crippen LogP contribution in [0.3, 0.4) is 0 Å². The van der Waals surface area contributed by atoms with Crippen LogP contribution in [0.5, 0.6) is 0 Å². The quantitative estimate of drug-likeness (QED) is 0.288. The highest BCUT2D eigenvalue weighted by atomic mass is 79.9. The number of nitrogens with one attached hydrogen (secondary N) is 1. The van der Waals surface area contributed by atoms with Crippen LogP contribution in [0.25, 0.3) is 5.82 Å². The Kier molecular flexibility index (Phi) is 2.87. The number of oxime groups is 1. The van der Waals surface area contributed by atoms with Gasteiger partial charge in [0, 0.05) is 0 Å². The molecule has 0 atom stereocenters. The number of aromatic amines is 1. The highest BCUT2D eigenvalue weighted by Gasteiger charge is 2.11. The molecule has 0 saturated carbocycles. The summed E-state index contributed by atoms with van der Waals surface area (Å²) in [5, 5.41) is 15.1.